The first-order valence-corrected chi connectivity index (χ1v) is 10.9. The molecule has 0 amide bonds. The van der Waals surface area contributed by atoms with Crippen molar-refractivity contribution in [2.75, 3.05) is 24.5 Å². The molecule has 164 valence electrons. The highest BCUT2D eigenvalue weighted by Crippen LogP contribution is 2.20. The van der Waals surface area contributed by atoms with Gasteiger partial charge in [0.1, 0.15) is 5.82 Å². The molecule has 2 N–H and O–H groups in total. The van der Waals surface area contributed by atoms with Crippen molar-refractivity contribution in [2.45, 2.75) is 39.3 Å². The maximum absolute atomic E-state index is 4.88. The zero-order chi connectivity index (χ0) is 20.8. The third-order valence-corrected chi connectivity index (χ3v) is 5.69. The van der Waals surface area contributed by atoms with Crippen LogP contribution in [0.2, 0.25) is 0 Å². The van der Waals surface area contributed by atoms with E-state index < -0.39 is 0 Å². The molecule has 4 rings (SSSR count). The molecule has 1 saturated heterocycles. The van der Waals surface area contributed by atoms with E-state index in [1.807, 2.05) is 6.20 Å². The average Bonchev–Trinajstić information content (AvgIpc) is 2.79. The van der Waals surface area contributed by atoms with Crippen molar-refractivity contribution in [3.8, 4) is 0 Å². The van der Waals surface area contributed by atoms with Crippen LogP contribution in [0.5, 0.6) is 0 Å². The van der Waals surface area contributed by atoms with Gasteiger partial charge < -0.3 is 15.5 Å². The van der Waals surface area contributed by atoms with E-state index in [1.54, 1.807) is 0 Å². The number of nitrogens with zero attached hydrogens (tertiary/aromatic N) is 3. The van der Waals surface area contributed by atoms with Gasteiger partial charge in [-0.05, 0) is 54.7 Å². The van der Waals surface area contributed by atoms with Crippen molar-refractivity contribution in [3.05, 3.63) is 71.9 Å². The number of benzene rings is 2. The highest BCUT2D eigenvalue weighted by Gasteiger charge is 2.20. The number of anilines is 1. The van der Waals surface area contributed by atoms with Crippen molar-refractivity contribution in [1.82, 2.24) is 15.6 Å². The van der Waals surface area contributed by atoms with Crippen molar-refractivity contribution in [2.24, 2.45) is 4.99 Å². The minimum atomic E-state index is 0. The van der Waals surface area contributed by atoms with Crippen LogP contribution in [0.4, 0.5) is 5.82 Å². The summed E-state index contributed by atoms with van der Waals surface area (Å²) >= 11 is 0. The Balaban J connectivity index is 0.00000272. The Hall–Kier alpha value is -2.35. The average molecular weight is 529 g/mol. The molecule has 1 aliphatic heterocycles. The van der Waals surface area contributed by atoms with Crippen LogP contribution in [0.25, 0.3) is 10.8 Å². The fourth-order valence-corrected chi connectivity index (χ4v) is 4.01. The van der Waals surface area contributed by atoms with Crippen LogP contribution < -0.4 is 15.5 Å². The van der Waals surface area contributed by atoms with Crippen molar-refractivity contribution in [3.63, 3.8) is 0 Å². The van der Waals surface area contributed by atoms with Crippen molar-refractivity contribution >= 4 is 46.5 Å². The molecular formula is C25H32IN5. The van der Waals surface area contributed by atoms with Crippen LogP contribution in [-0.4, -0.2) is 36.6 Å². The van der Waals surface area contributed by atoms with Gasteiger partial charge in [0.05, 0.1) is 6.54 Å². The van der Waals surface area contributed by atoms with Crippen LogP contribution in [0.1, 0.15) is 30.9 Å². The number of guanidine groups is 1. The molecule has 6 heteroatoms. The Morgan fingerprint density at radius 1 is 1.06 bits per heavy atom. The number of fused-ring (bicyclic) bond motifs is 1. The maximum atomic E-state index is 4.88. The van der Waals surface area contributed by atoms with Gasteiger partial charge in [-0.3, -0.25) is 0 Å². The fourth-order valence-electron chi connectivity index (χ4n) is 4.01. The van der Waals surface area contributed by atoms with Gasteiger partial charge in [-0.15, -0.1) is 24.0 Å². The molecular weight excluding hydrogens is 497 g/mol. The van der Waals surface area contributed by atoms with E-state index in [0.29, 0.717) is 12.6 Å². The molecule has 1 fully saturated rings. The fraction of sp³-hybridized carbons (Fsp3) is 0.360. The molecule has 0 radical (unpaired) electrons. The Kier molecular flexibility index (Phi) is 8.51. The quantitative estimate of drug-likeness (QED) is 0.281. The van der Waals surface area contributed by atoms with E-state index in [9.17, 15) is 0 Å². The van der Waals surface area contributed by atoms with Crippen LogP contribution in [0.3, 0.4) is 0 Å². The second-order valence-corrected chi connectivity index (χ2v) is 7.93. The summed E-state index contributed by atoms with van der Waals surface area (Å²) in [6, 6.07) is 19.6. The lowest BCUT2D eigenvalue weighted by Crippen LogP contribution is -2.48. The second-order valence-electron chi connectivity index (χ2n) is 7.93. The predicted molar refractivity (Wildman–Crippen MR) is 142 cm³/mol. The molecule has 31 heavy (non-hydrogen) atoms. The van der Waals surface area contributed by atoms with Crippen LogP contribution in [-0.2, 0) is 6.54 Å². The third kappa shape index (κ3) is 6.09. The van der Waals surface area contributed by atoms with Gasteiger partial charge in [-0.1, -0.05) is 48.5 Å². The number of hydrogen-bond donors (Lipinski definition) is 2. The van der Waals surface area contributed by atoms with Crippen LogP contribution in [0.15, 0.2) is 65.8 Å². The number of pyridine rings is 1. The van der Waals surface area contributed by atoms with E-state index in [2.05, 4.69) is 89.0 Å². The Labute approximate surface area is 202 Å². The highest BCUT2D eigenvalue weighted by molar-refractivity contribution is 14.0. The second kappa shape index (κ2) is 11.3. The summed E-state index contributed by atoms with van der Waals surface area (Å²) in [5.74, 6) is 1.98. The highest BCUT2D eigenvalue weighted by atomic mass is 127. The first-order chi connectivity index (χ1) is 14.7. The SMILES string of the molecule is CCNC(=NCc1cccc2ccccc12)NC1CCN(c2ccc(C)cn2)CC1.I. The number of hydrogen-bond acceptors (Lipinski definition) is 3. The zero-order valence-electron chi connectivity index (χ0n) is 18.3. The standard InChI is InChI=1S/C25H31N5.HI/c1-3-26-25(28-18-21-9-6-8-20-7-4-5-10-23(20)21)29-22-13-15-30(16-14-22)24-12-11-19(2)17-27-24;/h4-12,17,22H,3,13-16,18H2,1-2H3,(H2,26,28,29);1H. The molecule has 0 bridgehead atoms. The van der Waals surface area contributed by atoms with E-state index in [-0.39, 0.29) is 24.0 Å². The number of nitrogens with one attached hydrogen (secondary N) is 2. The van der Waals surface area contributed by atoms with Gasteiger partial charge in [-0.2, -0.15) is 0 Å². The minimum absolute atomic E-state index is 0. The van der Waals surface area contributed by atoms with Gasteiger partial charge in [0.15, 0.2) is 5.96 Å². The third-order valence-electron chi connectivity index (χ3n) is 5.69. The maximum Gasteiger partial charge on any atom is 0.191 e. The van der Waals surface area contributed by atoms with Gasteiger partial charge in [0, 0.05) is 31.9 Å². The van der Waals surface area contributed by atoms with Crippen molar-refractivity contribution < 1.29 is 0 Å². The largest absolute Gasteiger partial charge is 0.357 e. The van der Waals surface area contributed by atoms with E-state index in [0.717, 1.165) is 44.3 Å². The minimum Gasteiger partial charge on any atom is -0.357 e. The number of aliphatic imine (C=N–C) groups is 1. The lowest BCUT2D eigenvalue weighted by Gasteiger charge is -2.33. The molecule has 3 aromatic rings. The normalized spacial score (nSPS) is 14.9. The molecule has 1 aliphatic rings. The summed E-state index contributed by atoms with van der Waals surface area (Å²) in [6.45, 7) is 7.73. The number of aromatic nitrogens is 1. The number of aryl methyl sites for hydroxylation is 1. The molecule has 0 unspecified atom stereocenters. The monoisotopic (exact) mass is 529 g/mol. The lowest BCUT2D eigenvalue weighted by atomic mass is 10.0. The summed E-state index contributed by atoms with van der Waals surface area (Å²) in [5, 5.41) is 9.60. The number of halogens is 1. The summed E-state index contributed by atoms with van der Waals surface area (Å²) < 4.78 is 0. The predicted octanol–water partition coefficient (Wildman–Crippen LogP) is 4.89. The Bertz CT molecular complexity index is 989. The molecule has 2 heterocycles. The number of piperidine rings is 1. The molecule has 0 atom stereocenters. The van der Waals surface area contributed by atoms with Gasteiger partial charge >= 0.3 is 0 Å². The van der Waals surface area contributed by atoms with Crippen LogP contribution >= 0.6 is 24.0 Å². The van der Waals surface area contributed by atoms with E-state index >= 15 is 0 Å². The van der Waals surface area contributed by atoms with E-state index in [4.69, 9.17) is 4.99 Å². The van der Waals surface area contributed by atoms with Crippen LogP contribution in [0, 0.1) is 6.92 Å². The van der Waals surface area contributed by atoms with Crippen molar-refractivity contribution in [1.29, 1.82) is 0 Å². The first-order valence-electron chi connectivity index (χ1n) is 10.9. The smallest absolute Gasteiger partial charge is 0.191 e. The Morgan fingerprint density at radius 3 is 2.58 bits per heavy atom. The summed E-state index contributed by atoms with van der Waals surface area (Å²) in [6.07, 6.45) is 4.10. The molecule has 0 spiro atoms. The molecule has 5 nitrogen and oxygen atoms in total. The zero-order valence-corrected chi connectivity index (χ0v) is 20.7. The summed E-state index contributed by atoms with van der Waals surface area (Å²) in [7, 11) is 0. The summed E-state index contributed by atoms with van der Waals surface area (Å²) in [5.41, 5.74) is 2.46. The molecule has 0 saturated carbocycles. The van der Waals surface area contributed by atoms with Gasteiger partial charge in [0.2, 0.25) is 0 Å². The molecule has 1 aromatic heterocycles. The molecule has 2 aromatic carbocycles. The first kappa shape index (κ1) is 23.3. The topological polar surface area (TPSA) is 52.6 Å². The van der Waals surface area contributed by atoms with E-state index in [1.165, 1.54) is 21.9 Å². The molecule has 0 aliphatic carbocycles. The number of rotatable bonds is 5. The summed E-state index contributed by atoms with van der Waals surface area (Å²) in [4.78, 5) is 11.8. The lowest BCUT2D eigenvalue weighted by molar-refractivity contribution is 0.459. The van der Waals surface area contributed by atoms with Gasteiger partial charge in [-0.25, -0.2) is 9.98 Å². The Morgan fingerprint density at radius 2 is 1.84 bits per heavy atom. The van der Waals surface area contributed by atoms with Gasteiger partial charge in [0.25, 0.3) is 0 Å².